The predicted molar refractivity (Wildman–Crippen MR) is 94.5 cm³/mol. The van der Waals surface area contributed by atoms with Crippen LogP contribution in [-0.4, -0.2) is 7.11 Å². The highest BCUT2D eigenvalue weighted by molar-refractivity contribution is 9.11. The van der Waals surface area contributed by atoms with Gasteiger partial charge in [-0.25, -0.2) is 0 Å². The molecule has 2 aromatic carbocycles. The molecule has 110 valence electrons. The van der Waals surface area contributed by atoms with E-state index in [9.17, 15) is 0 Å². The van der Waals surface area contributed by atoms with Crippen molar-refractivity contribution >= 4 is 31.9 Å². The molecule has 1 nitrogen and oxygen atoms in total. The molecule has 0 N–H and O–H groups in total. The molecule has 0 saturated carbocycles. The number of rotatable bonds is 3. The van der Waals surface area contributed by atoms with E-state index >= 15 is 0 Å². The molecular formula is C18H18Br2O. The zero-order valence-electron chi connectivity index (χ0n) is 12.0. The molecule has 0 bridgehead atoms. The van der Waals surface area contributed by atoms with Crippen molar-refractivity contribution in [3.63, 3.8) is 0 Å². The van der Waals surface area contributed by atoms with E-state index in [0.29, 0.717) is 10.7 Å². The van der Waals surface area contributed by atoms with E-state index in [1.165, 1.54) is 36.0 Å². The van der Waals surface area contributed by atoms with Crippen LogP contribution in [0.5, 0.6) is 5.75 Å². The van der Waals surface area contributed by atoms with Gasteiger partial charge in [-0.3, -0.25) is 0 Å². The van der Waals surface area contributed by atoms with Crippen LogP contribution in [0.2, 0.25) is 0 Å². The van der Waals surface area contributed by atoms with Gasteiger partial charge in [0, 0.05) is 15.2 Å². The number of hydrogen-bond acceptors (Lipinski definition) is 1. The lowest BCUT2D eigenvalue weighted by Crippen LogP contribution is -2.14. The Balaban J connectivity index is 1.94. The first kappa shape index (κ1) is 15.1. The third-order valence-corrected chi connectivity index (χ3v) is 6.09. The fourth-order valence-corrected chi connectivity index (χ4v) is 5.03. The Labute approximate surface area is 143 Å². The lowest BCUT2D eigenvalue weighted by atomic mass is 9.79. The first-order chi connectivity index (χ1) is 10.2. The molecule has 0 spiro atoms. The second-order valence-corrected chi connectivity index (χ2v) is 7.33. The second-order valence-electron chi connectivity index (χ2n) is 5.49. The van der Waals surface area contributed by atoms with Gasteiger partial charge >= 0.3 is 0 Å². The maximum Gasteiger partial charge on any atom is 0.120 e. The van der Waals surface area contributed by atoms with E-state index in [4.69, 9.17) is 4.74 Å². The number of fused-ring (bicyclic) bond motifs is 1. The van der Waals surface area contributed by atoms with Gasteiger partial charge in [0.25, 0.3) is 0 Å². The van der Waals surface area contributed by atoms with Gasteiger partial charge in [-0.15, -0.1) is 0 Å². The standard InChI is InChI=1S/C18H18Br2O/c1-21-13-9-10-16(17(19)11-13)18(20)15-8-4-6-12-5-2-3-7-14(12)15/h2-3,5,7,9-11,15,18H,4,6,8H2,1H3. The number of aryl methyl sites for hydroxylation is 1. The molecule has 2 atom stereocenters. The molecule has 0 saturated heterocycles. The number of alkyl halides is 1. The molecule has 0 heterocycles. The van der Waals surface area contributed by atoms with Gasteiger partial charge in [-0.1, -0.05) is 62.2 Å². The van der Waals surface area contributed by atoms with Gasteiger partial charge in [0.1, 0.15) is 5.75 Å². The predicted octanol–water partition coefficient (Wildman–Crippen LogP) is 6.01. The minimum Gasteiger partial charge on any atom is -0.497 e. The van der Waals surface area contributed by atoms with Gasteiger partial charge in [0.15, 0.2) is 0 Å². The summed E-state index contributed by atoms with van der Waals surface area (Å²) in [7, 11) is 1.70. The van der Waals surface area contributed by atoms with E-state index in [1.54, 1.807) is 7.11 Å². The Morgan fingerprint density at radius 2 is 2.00 bits per heavy atom. The Morgan fingerprint density at radius 1 is 1.19 bits per heavy atom. The Kier molecular flexibility index (Phi) is 4.70. The maximum absolute atomic E-state index is 5.29. The molecule has 0 aliphatic heterocycles. The minimum atomic E-state index is 0.319. The summed E-state index contributed by atoms with van der Waals surface area (Å²) >= 11 is 7.63. The summed E-state index contributed by atoms with van der Waals surface area (Å²) in [5, 5.41) is 0. The molecule has 0 aromatic heterocycles. The van der Waals surface area contributed by atoms with E-state index < -0.39 is 0 Å². The second kappa shape index (κ2) is 6.53. The summed E-state index contributed by atoms with van der Waals surface area (Å²) in [5.74, 6) is 1.41. The third-order valence-electron chi connectivity index (χ3n) is 4.27. The zero-order chi connectivity index (χ0) is 14.8. The van der Waals surface area contributed by atoms with E-state index in [0.717, 1.165) is 10.2 Å². The normalized spacial score (nSPS) is 18.9. The minimum absolute atomic E-state index is 0.319. The van der Waals surface area contributed by atoms with Gasteiger partial charge in [0.2, 0.25) is 0 Å². The molecule has 0 radical (unpaired) electrons. The van der Waals surface area contributed by atoms with Crippen molar-refractivity contribution in [2.75, 3.05) is 7.11 Å². The summed E-state index contributed by atoms with van der Waals surface area (Å²) in [6.07, 6.45) is 3.69. The topological polar surface area (TPSA) is 9.23 Å². The molecule has 3 heteroatoms. The van der Waals surface area contributed by atoms with E-state index in [1.807, 2.05) is 12.1 Å². The molecule has 2 aromatic rings. The summed E-state index contributed by atoms with van der Waals surface area (Å²) in [5.41, 5.74) is 4.29. The van der Waals surface area contributed by atoms with Gasteiger partial charge in [-0.05, 0) is 48.1 Å². The highest BCUT2D eigenvalue weighted by Crippen LogP contribution is 2.47. The molecule has 1 aliphatic carbocycles. The smallest absolute Gasteiger partial charge is 0.120 e. The first-order valence-corrected chi connectivity index (χ1v) is 8.97. The van der Waals surface area contributed by atoms with E-state index in [2.05, 4.69) is 62.2 Å². The third kappa shape index (κ3) is 3.04. The molecule has 3 rings (SSSR count). The van der Waals surface area contributed by atoms with Crippen LogP contribution in [0.25, 0.3) is 0 Å². The number of halogens is 2. The van der Waals surface area contributed by atoms with Crippen molar-refractivity contribution in [3.05, 3.63) is 63.6 Å². The molecular weight excluding hydrogens is 392 g/mol. The molecule has 0 amide bonds. The summed E-state index contributed by atoms with van der Waals surface area (Å²) in [6, 6.07) is 15.1. The molecule has 1 aliphatic rings. The fourth-order valence-electron chi connectivity index (χ4n) is 3.17. The van der Waals surface area contributed by atoms with Gasteiger partial charge in [-0.2, -0.15) is 0 Å². The van der Waals surface area contributed by atoms with Crippen LogP contribution in [0.1, 0.15) is 40.3 Å². The lowest BCUT2D eigenvalue weighted by molar-refractivity contribution is 0.414. The van der Waals surface area contributed by atoms with Crippen LogP contribution >= 0.6 is 31.9 Å². The highest BCUT2D eigenvalue weighted by Gasteiger charge is 2.28. The van der Waals surface area contributed by atoms with Gasteiger partial charge in [0.05, 0.1) is 7.11 Å². The molecule has 0 fully saturated rings. The van der Waals surface area contributed by atoms with Crippen molar-refractivity contribution in [3.8, 4) is 5.75 Å². The molecule has 21 heavy (non-hydrogen) atoms. The average molecular weight is 410 g/mol. The summed E-state index contributed by atoms with van der Waals surface area (Å²) in [6.45, 7) is 0. The first-order valence-electron chi connectivity index (χ1n) is 7.26. The zero-order valence-corrected chi connectivity index (χ0v) is 15.2. The van der Waals surface area contributed by atoms with Crippen LogP contribution in [-0.2, 0) is 6.42 Å². The SMILES string of the molecule is COc1ccc(C(Br)C2CCCc3ccccc32)c(Br)c1. The number of benzene rings is 2. The van der Waals surface area contributed by atoms with Crippen molar-refractivity contribution in [1.29, 1.82) is 0 Å². The van der Waals surface area contributed by atoms with Crippen LogP contribution in [0.15, 0.2) is 46.9 Å². The number of methoxy groups -OCH3 is 1. The number of ether oxygens (including phenoxy) is 1. The highest BCUT2D eigenvalue weighted by atomic mass is 79.9. The van der Waals surface area contributed by atoms with Crippen LogP contribution in [0, 0.1) is 0 Å². The van der Waals surface area contributed by atoms with Crippen molar-refractivity contribution < 1.29 is 4.74 Å². The van der Waals surface area contributed by atoms with Crippen LogP contribution in [0.3, 0.4) is 0 Å². The maximum atomic E-state index is 5.29. The van der Waals surface area contributed by atoms with Crippen molar-refractivity contribution in [2.45, 2.75) is 30.0 Å². The summed E-state index contributed by atoms with van der Waals surface area (Å²) < 4.78 is 6.39. The monoisotopic (exact) mass is 408 g/mol. The van der Waals surface area contributed by atoms with Gasteiger partial charge < -0.3 is 4.74 Å². The largest absolute Gasteiger partial charge is 0.497 e. The summed E-state index contributed by atoms with van der Waals surface area (Å²) in [4.78, 5) is 0.319. The fraction of sp³-hybridized carbons (Fsp3) is 0.333. The Hall–Kier alpha value is -0.800. The number of hydrogen-bond donors (Lipinski definition) is 0. The Bertz CT molecular complexity index is 639. The quantitative estimate of drug-likeness (QED) is 0.563. The molecule has 2 unspecified atom stereocenters. The average Bonchev–Trinajstić information content (AvgIpc) is 2.53. The van der Waals surface area contributed by atoms with E-state index in [-0.39, 0.29) is 0 Å². The lowest BCUT2D eigenvalue weighted by Gasteiger charge is -2.30. The Morgan fingerprint density at radius 3 is 2.76 bits per heavy atom. The van der Waals surface area contributed by atoms with Crippen LogP contribution in [0.4, 0.5) is 0 Å². The van der Waals surface area contributed by atoms with Crippen LogP contribution < -0.4 is 4.74 Å². The van der Waals surface area contributed by atoms with Crippen molar-refractivity contribution in [2.24, 2.45) is 0 Å². The van der Waals surface area contributed by atoms with Crippen molar-refractivity contribution in [1.82, 2.24) is 0 Å².